The normalized spacial score (nSPS) is 30.9. The summed E-state index contributed by atoms with van der Waals surface area (Å²) in [5.74, 6) is 0.353. The number of hydrogen-bond acceptors (Lipinski definition) is 9. The number of hydrogen-bond donors (Lipinski definition) is 4. The van der Waals surface area contributed by atoms with E-state index in [1.807, 2.05) is 45.0 Å². The third-order valence-corrected chi connectivity index (χ3v) is 12.0. The number of benzene rings is 1. The molecule has 0 unspecified atom stereocenters. The van der Waals surface area contributed by atoms with Crippen LogP contribution >= 0.6 is 11.8 Å². The van der Waals surface area contributed by atoms with Gasteiger partial charge in [-0.15, -0.1) is 11.8 Å². The van der Waals surface area contributed by atoms with Gasteiger partial charge in [0.05, 0.1) is 11.9 Å². The first-order chi connectivity index (χ1) is 21.9. The van der Waals surface area contributed by atoms with Crippen LogP contribution < -0.4 is 16.4 Å². The monoisotopic (exact) mass is 675 g/mol. The van der Waals surface area contributed by atoms with Crippen LogP contribution in [0.3, 0.4) is 0 Å². The van der Waals surface area contributed by atoms with Crippen molar-refractivity contribution in [1.82, 2.24) is 10.6 Å². The highest BCUT2D eigenvalue weighted by atomic mass is 32.2. The van der Waals surface area contributed by atoms with E-state index in [0.717, 1.165) is 36.1 Å². The van der Waals surface area contributed by atoms with E-state index in [1.165, 1.54) is 11.8 Å². The number of aliphatic hydroxyl groups is 1. The molecule has 5 N–H and O–H groups in total. The summed E-state index contributed by atoms with van der Waals surface area (Å²) in [5, 5.41) is 18.5. The van der Waals surface area contributed by atoms with Crippen LogP contribution in [0.4, 0.5) is 4.79 Å². The minimum atomic E-state index is -0.670. The number of esters is 1. The largest absolute Gasteiger partial charge is 0.461 e. The smallest absolute Gasteiger partial charge is 0.407 e. The quantitative estimate of drug-likeness (QED) is 0.102. The molecule has 9 nitrogen and oxygen atoms in total. The number of alkyl carbamates (subject to hydrolysis) is 1. The minimum absolute atomic E-state index is 0.0435. The molecule has 1 aromatic carbocycles. The average molecular weight is 676 g/mol. The number of nitrogens with two attached hydrogens (primary N) is 1. The van der Waals surface area contributed by atoms with Crippen molar-refractivity contribution in [3.63, 3.8) is 0 Å². The van der Waals surface area contributed by atoms with Gasteiger partial charge in [0, 0.05) is 41.8 Å². The zero-order valence-electron chi connectivity index (χ0n) is 30.1. The van der Waals surface area contributed by atoms with Crippen LogP contribution in [0.2, 0.25) is 0 Å². The number of aliphatic hydroxyl groups excluding tert-OH is 1. The number of rotatable bonds is 14. The van der Waals surface area contributed by atoms with Gasteiger partial charge in [0.25, 0.3) is 0 Å². The van der Waals surface area contributed by atoms with Crippen LogP contribution in [0.15, 0.2) is 29.2 Å². The van der Waals surface area contributed by atoms with E-state index in [-0.39, 0.29) is 34.3 Å². The number of carbonyl (C=O) groups excluding carboxylic acids is 3. The summed E-state index contributed by atoms with van der Waals surface area (Å²) in [6.07, 6.45) is 3.61. The second-order valence-electron chi connectivity index (χ2n) is 15.9. The molecule has 2 saturated carbocycles. The van der Waals surface area contributed by atoms with Crippen molar-refractivity contribution in [3.05, 3.63) is 29.8 Å². The Morgan fingerprint density at radius 3 is 2.40 bits per heavy atom. The predicted octanol–water partition coefficient (Wildman–Crippen LogP) is 6.24. The molecule has 2 bridgehead atoms. The van der Waals surface area contributed by atoms with E-state index in [2.05, 4.69) is 38.3 Å². The Labute approximate surface area is 287 Å². The lowest BCUT2D eigenvalue weighted by atomic mass is 9.47. The summed E-state index contributed by atoms with van der Waals surface area (Å²) in [5.41, 5.74) is 5.07. The van der Waals surface area contributed by atoms with Crippen molar-refractivity contribution in [2.45, 2.75) is 130 Å². The molecule has 2 fully saturated rings. The predicted molar refractivity (Wildman–Crippen MR) is 188 cm³/mol. The van der Waals surface area contributed by atoms with E-state index in [4.69, 9.17) is 15.2 Å². The van der Waals surface area contributed by atoms with Crippen molar-refractivity contribution in [2.75, 3.05) is 25.4 Å². The maximum absolute atomic E-state index is 13.5. The van der Waals surface area contributed by atoms with Gasteiger partial charge in [-0.1, -0.05) is 39.8 Å². The molecule has 0 aliphatic heterocycles. The molecule has 0 heterocycles. The maximum atomic E-state index is 13.5. The SMILES string of the molecule is CC(=O)CC[C@]12CC[C@@H](C)[C@](C)(C1)[C@H](OC(=O)CSc1ccc(CN)cc1)C[C@](C)(CNCCCNC(=O)OC(C)(C)C)[C@@H](O)[C@@H]2C. The highest BCUT2D eigenvalue weighted by molar-refractivity contribution is 8.00. The molecule has 10 heteroatoms. The van der Waals surface area contributed by atoms with Gasteiger partial charge < -0.3 is 35.7 Å². The lowest BCUT2D eigenvalue weighted by Gasteiger charge is -2.60. The maximum Gasteiger partial charge on any atom is 0.407 e. The van der Waals surface area contributed by atoms with Crippen molar-refractivity contribution in [2.24, 2.45) is 33.8 Å². The molecule has 7 atom stereocenters. The van der Waals surface area contributed by atoms with E-state index in [1.54, 1.807) is 6.92 Å². The van der Waals surface area contributed by atoms with Gasteiger partial charge in [-0.05, 0) is 108 Å². The van der Waals surface area contributed by atoms with Gasteiger partial charge in [-0.25, -0.2) is 4.79 Å². The average Bonchev–Trinajstić information content (AvgIpc) is 3.00. The summed E-state index contributed by atoms with van der Waals surface area (Å²) in [4.78, 5) is 38.8. The molecule has 266 valence electrons. The fourth-order valence-corrected chi connectivity index (χ4v) is 8.44. The fraction of sp³-hybridized carbons (Fsp3) is 0.757. The Bertz CT molecular complexity index is 1210. The molecular weight excluding hydrogens is 614 g/mol. The van der Waals surface area contributed by atoms with Crippen LogP contribution in [-0.4, -0.2) is 66.1 Å². The summed E-state index contributed by atoms with van der Waals surface area (Å²) < 4.78 is 11.8. The van der Waals surface area contributed by atoms with Crippen molar-refractivity contribution in [1.29, 1.82) is 0 Å². The van der Waals surface area contributed by atoms with Gasteiger partial charge in [0.1, 0.15) is 17.5 Å². The standard InChI is InChI=1S/C37H61N3O6S/c1-25-14-16-37(17-15-26(2)41)23-36(25,8)30(45-31(42)22-47-29-12-10-28(21-38)11-13-29)20-35(7,32(43)27(37)3)24-39-18-9-19-40-33(44)46-34(4,5)6/h10-13,25,27,30,32,39,43H,9,14-24,38H2,1-8H3,(H,40,44)/t25-,27+,30-,32+,35-,36+,37-/m1/s1. The van der Waals surface area contributed by atoms with Crippen LogP contribution in [0.1, 0.15) is 106 Å². The number of carbonyl (C=O) groups is 3. The highest BCUT2D eigenvalue weighted by Crippen LogP contribution is 2.61. The van der Waals surface area contributed by atoms with Crippen molar-refractivity contribution >= 4 is 29.6 Å². The van der Waals surface area contributed by atoms with E-state index >= 15 is 0 Å². The molecule has 0 spiro atoms. The molecule has 47 heavy (non-hydrogen) atoms. The third-order valence-electron chi connectivity index (χ3n) is 11.0. The Kier molecular flexibility index (Phi) is 13.8. The molecule has 1 amide bonds. The number of Topliss-reactive ketones (excluding diaryl/α,β-unsaturated/α-hetero) is 1. The molecule has 0 aromatic heterocycles. The van der Waals surface area contributed by atoms with Crippen LogP contribution in [0, 0.1) is 28.1 Å². The van der Waals surface area contributed by atoms with Crippen LogP contribution in [0.5, 0.6) is 0 Å². The molecule has 2 aliphatic carbocycles. The number of amides is 1. The first kappa shape index (κ1) is 39.3. The second-order valence-corrected chi connectivity index (χ2v) is 16.9. The minimum Gasteiger partial charge on any atom is -0.461 e. The number of ether oxygens (including phenoxy) is 2. The number of nitrogens with one attached hydrogen (secondary N) is 2. The first-order valence-electron chi connectivity index (χ1n) is 17.4. The fourth-order valence-electron chi connectivity index (χ4n) is 7.76. The Balaban J connectivity index is 1.80. The van der Waals surface area contributed by atoms with Crippen LogP contribution in [0.25, 0.3) is 0 Å². The summed E-state index contributed by atoms with van der Waals surface area (Å²) >= 11 is 1.45. The van der Waals surface area contributed by atoms with Gasteiger partial charge >= 0.3 is 12.1 Å². The Hall–Kier alpha value is -2.14. The van der Waals surface area contributed by atoms with E-state index in [9.17, 15) is 19.5 Å². The van der Waals surface area contributed by atoms with Gasteiger partial charge in [-0.2, -0.15) is 0 Å². The summed E-state index contributed by atoms with van der Waals surface area (Å²) in [6, 6.07) is 7.91. The summed E-state index contributed by atoms with van der Waals surface area (Å²) in [6.45, 7) is 18.0. The van der Waals surface area contributed by atoms with Crippen molar-refractivity contribution in [3.8, 4) is 0 Å². The zero-order valence-corrected chi connectivity index (χ0v) is 30.9. The molecule has 3 rings (SSSR count). The van der Waals surface area contributed by atoms with E-state index < -0.39 is 29.3 Å². The van der Waals surface area contributed by atoms with E-state index in [0.29, 0.717) is 51.4 Å². The third kappa shape index (κ3) is 10.7. The second kappa shape index (κ2) is 16.5. The summed E-state index contributed by atoms with van der Waals surface area (Å²) in [7, 11) is 0. The molecule has 1 aromatic rings. The number of thioether (sulfide) groups is 1. The Morgan fingerprint density at radius 1 is 1.11 bits per heavy atom. The highest BCUT2D eigenvalue weighted by Gasteiger charge is 2.59. The number of fused-ring (bicyclic) bond motifs is 2. The molecule has 0 radical (unpaired) electrons. The molecule has 0 saturated heterocycles. The number of ketones is 1. The van der Waals surface area contributed by atoms with Crippen LogP contribution in [-0.2, 0) is 25.6 Å². The van der Waals surface area contributed by atoms with Gasteiger partial charge in [0.15, 0.2) is 0 Å². The topological polar surface area (TPSA) is 140 Å². The van der Waals surface area contributed by atoms with Gasteiger partial charge in [-0.3, -0.25) is 4.79 Å². The zero-order chi connectivity index (χ0) is 35.0. The lowest BCUT2D eigenvalue weighted by molar-refractivity contribution is -0.192. The molecular formula is C37H61N3O6S. The molecule has 2 aliphatic rings. The van der Waals surface area contributed by atoms with Crippen molar-refractivity contribution < 1.29 is 29.0 Å². The van der Waals surface area contributed by atoms with Gasteiger partial charge in [0.2, 0.25) is 0 Å². The first-order valence-corrected chi connectivity index (χ1v) is 18.4. The lowest BCUT2D eigenvalue weighted by Crippen LogP contribution is -2.60. The Morgan fingerprint density at radius 2 is 1.79 bits per heavy atom.